The molecule has 0 aliphatic heterocycles. The third kappa shape index (κ3) is 1.50. The number of aliphatic carboxylic acids is 1. The number of nitrogens with zero attached hydrogens (tertiary/aromatic N) is 1. The van der Waals surface area contributed by atoms with Gasteiger partial charge in [0.2, 0.25) is 0 Å². The molecule has 0 aromatic carbocycles. The summed E-state index contributed by atoms with van der Waals surface area (Å²) in [5.74, 6) is -0.186. The molecule has 5 heteroatoms. The third-order valence-corrected chi connectivity index (χ3v) is 4.34. The Labute approximate surface area is 102 Å². The largest absolute Gasteiger partial charge is 0.480 e. The Balaban J connectivity index is 2.00. The number of imidazole rings is 1. The standard InChI is InChI=1S/C12H12N2O2S/c1-7-2-5-17-9(7)8-6-13-10(14-8)12(3-4-12)11(15)16/h2,5-6H,3-4H2,1H3,(H,13,14)(H,15,16). The highest BCUT2D eigenvalue weighted by Crippen LogP contribution is 2.47. The first kappa shape index (κ1) is 10.5. The molecule has 1 aliphatic rings. The van der Waals surface area contributed by atoms with Gasteiger partial charge in [0.15, 0.2) is 0 Å². The molecular weight excluding hydrogens is 236 g/mol. The highest BCUT2D eigenvalue weighted by molar-refractivity contribution is 7.13. The molecule has 1 aliphatic carbocycles. The Morgan fingerprint density at radius 1 is 1.59 bits per heavy atom. The second-order valence-electron chi connectivity index (χ2n) is 4.47. The van der Waals surface area contributed by atoms with Crippen LogP contribution in [0, 0.1) is 6.92 Å². The number of thiophene rings is 1. The number of aromatic nitrogens is 2. The second-order valence-corrected chi connectivity index (χ2v) is 5.38. The van der Waals surface area contributed by atoms with E-state index in [0.717, 1.165) is 10.6 Å². The molecule has 0 atom stereocenters. The van der Waals surface area contributed by atoms with Crippen LogP contribution in [0.1, 0.15) is 24.2 Å². The summed E-state index contributed by atoms with van der Waals surface area (Å²) in [6.45, 7) is 2.04. The van der Waals surface area contributed by atoms with Crippen molar-refractivity contribution in [2.75, 3.05) is 0 Å². The lowest BCUT2D eigenvalue weighted by Gasteiger charge is -2.04. The SMILES string of the molecule is Cc1ccsc1-c1cnc(C2(C(=O)O)CC2)[nH]1. The molecule has 88 valence electrons. The molecule has 17 heavy (non-hydrogen) atoms. The number of carboxylic acids is 1. The molecule has 2 aromatic rings. The second kappa shape index (κ2) is 3.43. The Kier molecular flexibility index (Phi) is 2.13. The van der Waals surface area contributed by atoms with Crippen molar-refractivity contribution in [1.29, 1.82) is 0 Å². The van der Waals surface area contributed by atoms with Crippen molar-refractivity contribution < 1.29 is 9.90 Å². The Bertz CT molecular complexity index is 581. The van der Waals surface area contributed by atoms with Crippen LogP contribution in [-0.2, 0) is 10.2 Å². The Morgan fingerprint density at radius 2 is 2.35 bits per heavy atom. The molecule has 2 heterocycles. The summed E-state index contributed by atoms with van der Waals surface area (Å²) in [6, 6.07) is 2.05. The average Bonchev–Trinajstić information content (AvgIpc) is 2.77. The van der Waals surface area contributed by atoms with Crippen LogP contribution in [0.4, 0.5) is 0 Å². The molecule has 0 spiro atoms. The summed E-state index contributed by atoms with van der Waals surface area (Å²) in [5, 5.41) is 11.2. The van der Waals surface area contributed by atoms with Gasteiger partial charge >= 0.3 is 5.97 Å². The number of hydrogen-bond acceptors (Lipinski definition) is 3. The van der Waals surface area contributed by atoms with Gasteiger partial charge < -0.3 is 10.1 Å². The Morgan fingerprint density at radius 3 is 2.88 bits per heavy atom. The molecule has 0 bridgehead atoms. The number of aryl methyl sites for hydroxylation is 1. The van der Waals surface area contributed by atoms with E-state index in [2.05, 4.69) is 9.97 Å². The molecule has 0 amide bonds. The molecule has 2 aromatic heterocycles. The molecule has 0 unspecified atom stereocenters. The van der Waals surface area contributed by atoms with Crippen molar-refractivity contribution in [2.24, 2.45) is 0 Å². The van der Waals surface area contributed by atoms with E-state index in [1.54, 1.807) is 17.5 Å². The average molecular weight is 248 g/mol. The predicted molar refractivity (Wildman–Crippen MR) is 65.2 cm³/mol. The monoisotopic (exact) mass is 248 g/mol. The molecule has 0 radical (unpaired) electrons. The van der Waals surface area contributed by atoms with Crippen LogP contribution in [0.5, 0.6) is 0 Å². The normalized spacial score (nSPS) is 17.0. The zero-order valence-electron chi connectivity index (χ0n) is 9.36. The third-order valence-electron chi connectivity index (χ3n) is 3.30. The molecule has 0 saturated heterocycles. The first-order valence-electron chi connectivity index (χ1n) is 5.47. The van der Waals surface area contributed by atoms with Crippen LogP contribution in [-0.4, -0.2) is 21.0 Å². The number of rotatable bonds is 3. The van der Waals surface area contributed by atoms with Crippen LogP contribution < -0.4 is 0 Å². The zero-order chi connectivity index (χ0) is 12.0. The number of carboxylic acid groups (broad SMARTS) is 1. The summed E-state index contributed by atoms with van der Waals surface area (Å²) >= 11 is 1.64. The van der Waals surface area contributed by atoms with Crippen LogP contribution in [0.25, 0.3) is 10.6 Å². The van der Waals surface area contributed by atoms with Gasteiger partial charge in [0.25, 0.3) is 0 Å². The van der Waals surface area contributed by atoms with E-state index in [1.165, 1.54) is 5.56 Å². The fourth-order valence-electron chi connectivity index (χ4n) is 2.01. The van der Waals surface area contributed by atoms with Gasteiger partial charge in [0.05, 0.1) is 16.8 Å². The van der Waals surface area contributed by atoms with E-state index in [-0.39, 0.29) is 0 Å². The van der Waals surface area contributed by atoms with Crippen molar-refractivity contribution in [1.82, 2.24) is 9.97 Å². The summed E-state index contributed by atoms with van der Waals surface area (Å²) in [7, 11) is 0. The Hall–Kier alpha value is -1.62. The molecule has 4 nitrogen and oxygen atoms in total. The van der Waals surface area contributed by atoms with E-state index in [4.69, 9.17) is 0 Å². The fraction of sp³-hybridized carbons (Fsp3) is 0.333. The molecule has 3 rings (SSSR count). The topological polar surface area (TPSA) is 66.0 Å². The van der Waals surface area contributed by atoms with E-state index in [1.807, 2.05) is 18.4 Å². The first-order valence-corrected chi connectivity index (χ1v) is 6.35. The van der Waals surface area contributed by atoms with Crippen molar-refractivity contribution in [3.05, 3.63) is 29.0 Å². The van der Waals surface area contributed by atoms with Gasteiger partial charge in [-0.3, -0.25) is 4.79 Å². The van der Waals surface area contributed by atoms with Gasteiger partial charge in [0.1, 0.15) is 11.2 Å². The van der Waals surface area contributed by atoms with Crippen LogP contribution in [0.15, 0.2) is 17.6 Å². The minimum atomic E-state index is -0.777. The number of hydrogen-bond donors (Lipinski definition) is 2. The van der Waals surface area contributed by atoms with Gasteiger partial charge in [-0.15, -0.1) is 11.3 Å². The van der Waals surface area contributed by atoms with Gasteiger partial charge in [-0.05, 0) is 36.8 Å². The number of aromatic amines is 1. The van der Waals surface area contributed by atoms with Crippen molar-refractivity contribution in [2.45, 2.75) is 25.2 Å². The quantitative estimate of drug-likeness (QED) is 0.877. The van der Waals surface area contributed by atoms with E-state index < -0.39 is 11.4 Å². The van der Waals surface area contributed by atoms with Crippen LogP contribution >= 0.6 is 11.3 Å². The zero-order valence-corrected chi connectivity index (χ0v) is 10.2. The lowest BCUT2D eigenvalue weighted by atomic mass is 10.1. The van der Waals surface area contributed by atoms with Crippen molar-refractivity contribution >= 4 is 17.3 Å². The minimum Gasteiger partial charge on any atom is -0.480 e. The molecule has 2 N–H and O–H groups in total. The minimum absolute atomic E-state index is 0.591. The van der Waals surface area contributed by atoms with E-state index >= 15 is 0 Å². The predicted octanol–water partition coefficient (Wildman–Crippen LogP) is 2.56. The highest BCUT2D eigenvalue weighted by Gasteiger charge is 2.54. The maximum atomic E-state index is 11.2. The molecule has 1 fully saturated rings. The van der Waals surface area contributed by atoms with Gasteiger partial charge in [0, 0.05) is 0 Å². The molecule has 1 saturated carbocycles. The van der Waals surface area contributed by atoms with E-state index in [0.29, 0.717) is 18.7 Å². The maximum absolute atomic E-state index is 11.2. The number of carbonyl (C=O) groups is 1. The van der Waals surface area contributed by atoms with Gasteiger partial charge in [-0.25, -0.2) is 4.98 Å². The van der Waals surface area contributed by atoms with Gasteiger partial charge in [-0.2, -0.15) is 0 Å². The summed E-state index contributed by atoms with van der Waals surface area (Å²) in [6.07, 6.45) is 3.09. The van der Waals surface area contributed by atoms with Crippen molar-refractivity contribution in [3.63, 3.8) is 0 Å². The smallest absolute Gasteiger partial charge is 0.317 e. The lowest BCUT2D eigenvalue weighted by Crippen LogP contribution is -2.20. The number of H-pyrrole nitrogens is 1. The summed E-state index contributed by atoms with van der Waals surface area (Å²) in [4.78, 5) is 19.7. The summed E-state index contributed by atoms with van der Waals surface area (Å²) in [5.41, 5.74) is 1.36. The maximum Gasteiger partial charge on any atom is 0.317 e. The first-order chi connectivity index (χ1) is 8.13. The number of nitrogens with one attached hydrogen (secondary N) is 1. The molecular formula is C12H12N2O2S. The fourth-order valence-corrected chi connectivity index (χ4v) is 2.90. The lowest BCUT2D eigenvalue weighted by molar-refractivity contribution is -0.140. The van der Waals surface area contributed by atoms with Gasteiger partial charge in [-0.1, -0.05) is 0 Å². The van der Waals surface area contributed by atoms with Crippen LogP contribution in [0.3, 0.4) is 0 Å². The van der Waals surface area contributed by atoms with Crippen molar-refractivity contribution in [3.8, 4) is 10.6 Å². The summed E-state index contributed by atoms with van der Waals surface area (Å²) < 4.78 is 0. The highest BCUT2D eigenvalue weighted by atomic mass is 32.1. The van der Waals surface area contributed by atoms with E-state index in [9.17, 15) is 9.90 Å². The van der Waals surface area contributed by atoms with Crippen LogP contribution in [0.2, 0.25) is 0 Å².